The predicted octanol–water partition coefficient (Wildman–Crippen LogP) is 1.88. The first-order chi connectivity index (χ1) is 6.07. The molecule has 78 valence electrons. The summed E-state index contributed by atoms with van der Waals surface area (Å²) in [5, 5.41) is 11.5. The number of carbonyl (C=O) groups is 1. The maximum atomic E-state index is 10.4. The molecule has 2 N–H and O–H groups in total. The standard InChI is InChI=1S/C10H21NO2/c1-4-8(2)6-5-7-11-9(3)10(12)13/h8-9,11H,4-7H2,1-3H3,(H,12,13)/t8?,9-/m0/s1. The molecule has 0 aliphatic carbocycles. The van der Waals surface area contributed by atoms with Gasteiger partial charge in [-0.1, -0.05) is 20.3 Å². The van der Waals surface area contributed by atoms with Crippen molar-refractivity contribution in [3.05, 3.63) is 0 Å². The Morgan fingerprint density at radius 3 is 2.54 bits per heavy atom. The monoisotopic (exact) mass is 187 g/mol. The summed E-state index contributed by atoms with van der Waals surface area (Å²) in [4.78, 5) is 10.4. The Hall–Kier alpha value is -0.570. The summed E-state index contributed by atoms with van der Waals surface area (Å²) in [6, 6.07) is -0.420. The molecule has 0 amide bonds. The van der Waals surface area contributed by atoms with Gasteiger partial charge in [0.05, 0.1) is 0 Å². The van der Waals surface area contributed by atoms with Crippen LogP contribution < -0.4 is 5.32 Å². The highest BCUT2D eigenvalue weighted by Crippen LogP contribution is 2.08. The molecule has 13 heavy (non-hydrogen) atoms. The van der Waals surface area contributed by atoms with Crippen LogP contribution in [-0.4, -0.2) is 23.7 Å². The first-order valence-electron chi connectivity index (χ1n) is 5.04. The molecule has 0 radical (unpaired) electrons. The molecular weight excluding hydrogens is 166 g/mol. The van der Waals surface area contributed by atoms with Crippen molar-refractivity contribution in [3.63, 3.8) is 0 Å². The van der Waals surface area contributed by atoms with Gasteiger partial charge in [0.25, 0.3) is 0 Å². The van der Waals surface area contributed by atoms with Gasteiger partial charge in [0.2, 0.25) is 0 Å². The molecule has 0 bridgehead atoms. The molecule has 0 spiro atoms. The van der Waals surface area contributed by atoms with Gasteiger partial charge in [0.15, 0.2) is 0 Å². The van der Waals surface area contributed by atoms with Crippen molar-refractivity contribution >= 4 is 5.97 Å². The second kappa shape index (κ2) is 6.89. The van der Waals surface area contributed by atoms with Crippen LogP contribution in [0, 0.1) is 5.92 Å². The molecule has 3 heteroatoms. The van der Waals surface area contributed by atoms with Gasteiger partial charge in [-0.2, -0.15) is 0 Å². The van der Waals surface area contributed by atoms with Crippen LogP contribution >= 0.6 is 0 Å². The number of hydrogen-bond donors (Lipinski definition) is 2. The summed E-state index contributed by atoms with van der Waals surface area (Å²) in [6.07, 6.45) is 3.44. The van der Waals surface area contributed by atoms with Crippen LogP contribution in [0.3, 0.4) is 0 Å². The molecule has 0 rings (SSSR count). The Balaban J connectivity index is 3.30. The lowest BCUT2D eigenvalue weighted by atomic mass is 10.0. The molecule has 0 heterocycles. The molecule has 2 atom stereocenters. The van der Waals surface area contributed by atoms with Gasteiger partial charge in [0, 0.05) is 0 Å². The minimum Gasteiger partial charge on any atom is -0.480 e. The molecule has 0 saturated carbocycles. The van der Waals surface area contributed by atoms with Crippen LogP contribution in [0.5, 0.6) is 0 Å². The molecule has 0 saturated heterocycles. The fourth-order valence-corrected chi connectivity index (χ4v) is 1.06. The van der Waals surface area contributed by atoms with Gasteiger partial charge in [-0.15, -0.1) is 0 Å². The minimum absolute atomic E-state index is 0.420. The van der Waals surface area contributed by atoms with E-state index in [1.54, 1.807) is 6.92 Å². The number of carboxylic acid groups (broad SMARTS) is 1. The third kappa shape index (κ3) is 6.58. The van der Waals surface area contributed by atoms with Gasteiger partial charge in [-0.05, 0) is 32.2 Å². The summed E-state index contributed by atoms with van der Waals surface area (Å²) in [7, 11) is 0. The van der Waals surface area contributed by atoms with E-state index in [2.05, 4.69) is 19.2 Å². The van der Waals surface area contributed by atoms with Gasteiger partial charge in [-0.3, -0.25) is 4.79 Å². The minimum atomic E-state index is -0.775. The van der Waals surface area contributed by atoms with E-state index in [4.69, 9.17) is 5.11 Å². The third-order valence-corrected chi connectivity index (χ3v) is 2.39. The van der Waals surface area contributed by atoms with Crippen LogP contribution in [0.4, 0.5) is 0 Å². The highest BCUT2D eigenvalue weighted by molar-refractivity contribution is 5.72. The van der Waals surface area contributed by atoms with E-state index in [0.717, 1.165) is 18.9 Å². The highest BCUT2D eigenvalue weighted by Gasteiger charge is 2.08. The zero-order valence-corrected chi connectivity index (χ0v) is 8.84. The number of hydrogen-bond acceptors (Lipinski definition) is 2. The molecule has 0 aliphatic rings. The van der Waals surface area contributed by atoms with E-state index in [0.29, 0.717) is 0 Å². The molecular formula is C10H21NO2. The van der Waals surface area contributed by atoms with Crippen LogP contribution in [0.25, 0.3) is 0 Å². The second-order valence-corrected chi connectivity index (χ2v) is 3.67. The predicted molar refractivity (Wildman–Crippen MR) is 53.8 cm³/mol. The van der Waals surface area contributed by atoms with Crippen LogP contribution in [0.2, 0.25) is 0 Å². The van der Waals surface area contributed by atoms with E-state index in [-0.39, 0.29) is 0 Å². The zero-order chi connectivity index (χ0) is 10.3. The first-order valence-corrected chi connectivity index (χ1v) is 5.04. The van der Waals surface area contributed by atoms with Crippen molar-refractivity contribution in [2.45, 2.75) is 46.1 Å². The van der Waals surface area contributed by atoms with Crippen LogP contribution in [0.1, 0.15) is 40.0 Å². The van der Waals surface area contributed by atoms with Gasteiger partial charge < -0.3 is 10.4 Å². The second-order valence-electron chi connectivity index (χ2n) is 3.67. The Bertz CT molecular complexity index is 148. The maximum absolute atomic E-state index is 10.4. The lowest BCUT2D eigenvalue weighted by Crippen LogP contribution is -2.34. The molecule has 0 aliphatic heterocycles. The first kappa shape index (κ1) is 12.4. The smallest absolute Gasteiger partial charge is 0.320 e. The van der Waals surface area contributed by atoms with E-state index in [1.165, 1.54) is 12.8 Å². The Morgan fingerprint density at radius 2 is 2.08 bits per heavy atom. The van der Waals surface area contributed by atoms with E-state index in [1.807, 2.05) is 0 Å². The quantitative estimate of drug-likeness (QED) is 0.598. The molecule has 3 nitrogen and oxygen atoms in total. The number of rotatable bonds is 7. The largest absolute Gasteiger partial charge is 0.480 e. The summed E-state index contributed by atoms with van der Waals surface area (Å²) in [6.45, 7) is 6.88. The molecule has 0 fully saturated rings. The topological polar surface area (TPSA) is 49.3 Å². The summed E-state index contributed by atoms with van der Waals surface area (Å²) < 4.78 is 0. The summed E-state index contributed by atoms with van der Waals surface area (Å²) in [5.74, 6) is -0.0227. The Kier molecular flexibility index (Phi) is 6.59. The maximum Gasteiger partial charge on any atom is 0.320 e. The van der Waals surface area contributed by atoms with Crippen molar-refractivity contribution in [1.29, 1.82) is 0 Å². The fraction of sp³-hybridized carbons (Fsp3) is 0.900. The molecule has 1 unspecified atom stereocenters. The van der Waals surface area contributed by atoms with E-state index >= 15 is 0 Å². The van der Waals surface area contributed by atoms with Gasteiger partial charge >= 0.3 is 5.97 Å². The highest BCUT2D eigenvalue weighted by atomic mass is 16.4. The summed E-state index contributed by atoms with van der Waals surface area (Å²) in [5.41, 5.74) is 0. The summed E-state index contributed by atoms with van der Waals surface area (Å²) >= 11 is 0. The SMILES string of the molecule is CCC(C)CCCN[C@@H](C)C(=O)O. The number of carboxylic acids is 1. The van der Waals surface area contributed by atoms with Crippen molar-refractivity contribution in [1.82, 2.24) is 5.32 Å². The number of nitrogens with one attached hydrogen (secondary N) is 1. The molecule has 0 aromatic heterocycles. The van der Waals surface area contributed by atoms with Crippen molar-refractivity contribution in [3.8, 4) is 0 Å². The van der Waals surface area contributed by atoms with E-state index in [9.17, 15) is 4.79 Å². The lowest BCUT2D eigenvalue weighted by molar-refractivity contribution is -0.138. The van der Waals surface area contributed by atoms with Crippen molar-refractivity contribution < 1.29 is 9.90 Å². The van der Waals surface area contributed by atoms with E-state index < -0.39 is 12.0 Å². The van der Waals surface area contributed by atoms with Crippen molar-refractivity contribution in [2.75, 3.05) is 6.54 Å². The van der Waals surface area contributed by atoms with Crippen molar-refractivity contribution in [2.24, 2.45) is 5.92 Å². The lowest BCUT2D eigenvalue weighted by Gasteiger charge is -2.10. The Morgan fingerprint density at radius 1 is 1.46 bits per heavy atom. The fourth-order valence-electron chi connectivity index (χ4n) is 1.06. The average molecular weight is 187 g/mol. The van der Waals surface area contributed by atoms with Crippen LogP contribution in [-0.2, 0) is 4.79 Å². The van der Waals surface area contributed by atoms with Crippen LogP contribution in [0.15, 0.2) is 0 Å². The third-order valence-electron chi connectivity index (χ3n) is 2.39. The molecule has 0 aromatic rings. The average Bonchev–Trinajstić information content (AvgIpc) is 2.11. The Labute approximate surface area is 80.5 Å². The molecule has 0 aromatic carbocycles. The number of aliphatic carboxylic acids is 1. The van der Waals surface area contributed by atoms with Gasteiger partial charge in [-0.25, -0.2) is 0 Å². The van der Waals surface area contributed by atoms with Gasteiger partial charge in [0.1, 0.15) is 6.04 Å². The zero-order valence-electron chi connectivity index (χ0n) is 8.84. The normalized spacial score (nSPS) is 15.3.